The normalized spacial score (nSPS) is 10.5. The standard InChI is InChI=1S/C12H15N3/c1-3-15-8-11(13)12(14-15)10-7-5-4-6-9(10)2/h4-8H,3,13H2,1-2H3. The molecule has 0 amide bonds. The maximum absolute atomic E-state index is 5.93. The molecule has 15 heavy (non-hydrogen) atoms. The van der Waals surface area contributed by atoms with E-state index in [2.05, 4.69) is 18.1 Å². The molecule has 2 rings (SSSR count). The predicted octanol–water partition coefficient (Wildman–Crippen LogP) is 2.46. The molecule has 0 aliphatic carbocycles. The Labute approximate surface area is 89.5 Å². The number of hydrogen-bond donors (Lipinski definition) is 1. The highest BCUT2D eigenvalue weighted by Gasteiger charge is 2.09. The quantitative estimate of drug-likeness (QED) is 0.811. The Kier molecular flexibility index (Phi) is 2.46. The lowest BCUT2D eigenvalue weighted by atomic mass is 10.1. The minimum absolute atomic E-state index is 0.742. The van der Waals surface area contributed by atoms with Gasteiger partial charge in [0.05, 0.1) is 5.69 Å². The minimum atomic E-state index is 0.742. The Morgan fingerprint density at radius 1 is 1.33 bits per heavy atom. The van der Waals surface area contributed by atoms with Gasteiger partial charge in [-0.1, -0.05) is 24.3 Å². The van der Waals surface area contributed by atoms with Crippen LogP contribution in [0.3, 0.4) is 0 Å². The summed E-state index contributed by atoms with van der Waals surface area (Å²) in [6, 6.07) is 8.15. The summed E-state index contributed by atoms with van der Waals surface area (Å²) in [5.41, 5.74) is 9.87. The molecule has 0 bridgehead atoms. The van der Waals surface area contributed by atoms with Gasteiger partial charge >= 0.3 is 0 Å². The van der Waals surface area contributed by atoms with Crippen LogP contribution in [0.4, 0.5) is 5.69 Å². The van der Waals surface area contributed by atoms with Crippen molar-refractivity contribution in [3.63, 3.8) is 0 Å². The molecule has 1 heterocycles. The van der Waals surface area contributed by atoms with E-state index < -0.39 is 0 Å². The number of aryl methyl sites for hydroxylation is 2. The molecule has 0 unspecified atom stereocenters. The van der Waals surface area contributed by atoms with Crippen molar-refractivity contribution in [2.75, 3.05) is 5.73 Å². The van der Waals surface area contributed by atoms with E-state index in [-0.39, 0.29) is 0 Å². The van der Waals surface area contributed by atoms with E-state index in [0.29, 0.717) is 0 Å². The van der Waals surface area contributed by atoms with Gasteiger partial charge in [-0.3, -0.25) is 4.68 Å². The van der Waals surface area contributed by atoms with Gasteiger partial charge in [0.2, 0.25) is 0 Å². The van der Waals surface area contributed by atoms with Crippen LogP contribution in [0.1, 0.15) is 12.5 Å². The second-order valence-electron chi connectivity index (χ2n) is 3.60. The van der Waals surface area contributed by atoms with Gasteiger partial charge in [-0.25, -0.2) is 0 Å². The molecular formula is C12H15N3. The van der Waals surface area contributed by atoms with Crippen LogP contribution < -0.4 is 5.73 Å². The summed E-state index contributed by atoms with van der Waals surface area (Å²) in [7, 11) is 0. The number of nitrogen functional groups attached to an aromatic ring is 1. The van der Waals surface area contributed by atoms with E-state index in [1.54, 1.807) is 0 Å². The lowest BCUT2D eigenvalue weighted by molar-refractivity contribution is 0.662. The first-order valence-electron chi connectivity index (χ1n) is 5.11. The second-order valence-corrected chi connectivity index (χ2v) is 3.60. The van der Waals surface area contributed by atoms with Gasteiger partial charge in [0.15, 0.2) is 0 Å². The van der Waals surface area contributed by atoms with Gasteiger partial charge in [-0.2, -0.15) is 5.10 Å². The molecule has 0 fully saturated rings. The Bertz CT molecular complexity index is 471. The first kappa shape index (κ1) is 9.77. The molecule has 0 aliphatic heterocycles. The van der Waals surface area contributed by atoms with E-state index in [1.165, 1.54) is 5.56 Å². The SMILES string of the molecule is CCn1cc(N)c(-c2ccccc2C)n1. The lowest BCUT2D eigenvalue weighted by Gasteiger charge is -2.02. The second kappa shape index (κ2) is 3.77. The zero-order valence-electron chi connectivity index (χ0n) is 9.07. The fourth-order valence-electron chi connectivity index (χ4n) is 1.65. The first-order chi connectivity index (χ1) is 7.22. The molecule has 2 N–H and O–H groups in total. The molecule has 0 saturated carbocycles. The molecule has 3 nitrogen and oxygen atoms in total. The third-order valence-electron chi connectivity index (χ3n) is 2.51. The molecular weight excluding hydrogens is 186 g/mol. The third kappa shape index (κ3) is 1.73. The van der Waals surface area contributed by atoms with Gasteiger partial charge in [0, 0.05) is 18.3 Å². The fraction of sp³-hybridized carbons (Fsp3) is 0.250. The van der Waals surface area contributed by atoms with Crippen LogP contribution in [0.25, 0.3) is 11.3 Å². The smallest absolute Gasteiger partial charge is 0.115 e. The topological polar surface area (TPSA) is 43.8 Å². The zero-order chi connectivity index (χ0) is 10.8. The highest BCUT2D eigenvalue weighted by molar-refractivity contribution is 5.74. The van der Waals surface area contributed by atoms with Gasteiger partial charge in [0.25, 0.3) is 0 Å². The van der Waals surface area contributed by atoms with E-state index in [4.69, 9.17) is 5.73 Å². The Hall–Kier alpha value is -1.77. The maximum Gasteiger partial charge on any atom is 0.115 e. The van der Waals surface area contributed by atoms with Crippen molar-refractivity contribution in [2.45, 2.75) is 20.4 Å². The van der Waals surface area contributed by atoms with Gasteiger partial charge in [-0.15, -0.1) is 0 Å². The molecule has 78 valence electrons. The number of aromatic nitrogens is 2. The highest BCUT2D eigenvalue weighted by atomic mass is 15.3. The summed E-state index contributed by atoms with van der Waals surface area (Å²) in [4.78, 5) is 0. The van der Waals surface area contributed by atoms with Crippen molar-refractivity contribution in [1.82, 2.24) is 9.78 Å². The monoisotopic (exact) mass is 201 g/mol. The summed E-state index contributed by atoms with van der Waals surface area (Å²) < 4.78 is 1.86. The molecule has 0 radical (unpaired) electrons. The molecule has 1 aromatic heterocycles. The van der Waals surface area contributed by atoms with Gasteiger partial charge < -0.3 is 5.73 Å². The zero-order valence-corrected chi connectivity index (χ0v) is 9.07. The molecule has 0 saturated heterocycles. The fourth-order valence-corrected chi connectivity index (χ4v) is 1.65. The highest BCUT2D eigenvalue weighted by Crippen LogP contribution is 2.26. The van der Waals surface area contributed by atoms with Crippen molar-refractivity contribution in [2.24, 2.45) is 0 Å². The molecule has 2 aromatic rings. The number of anilines is 1. The maximum atomic E-state index is 5.93. The molecule has 0 spiro atoms. The van der Waals surface area contributed by atoms with Crippen molar-refractivity contribution < 1.29 is 0 Å². The largest absolute Gasteiger partial charge is 0.396 e. The molecule has 0 aliphatic rings. The van der Waals surface area contributed by atoms with Crippen molar-refractivity contribution in [3.8, 4) is 11.3 Å². The molecule has 0 atom stereocenters. The van der Waals surface area contributed by atoms with E-state index in [9.17, 15) is 0 Å². The van der Waals surface area contributed by atoms with E-state index >= 15 is 0 Å². The summed E-state index contributed by atoms with van der Waals surface area (Å²) in [5, 5.41) is 4.45. The summed E-state index contributed by atoms with van der Waals surface area (Å²) >= 11 is 0. The van der Waals surface area contributed by atoms with Crippen LogP contribution in [0.2, 0.25) is 0 Å². The number of nitrogens with two attached hydrogens (primary N) is 1. The Morgan fingerprint density at radius 3 is 2.67 bits per heavy atom. The van der Waals surface area contributed by atoms with Crippen LogP contribution in [-0.4, -0.2) is 9.78 Å². The molecule has 3 heteroatoms. The van der Waals surface area contributed by atoms with Crippen LogP contribution in [0, 0.1) is 6.92 Å². The van der Waals surface area contributed by atoms with Crippen molar-refractivity contribution in [1.29, 1.82) is 0 Å². The van der Waals surface area contributed by atoms with Gasteiger partial charge in [0.1, 0.15) is 5.69 Å². The molecule has 1 aromatic carbocycles. The van der Waals surface area contributed by atoms with Crippen LogP contribution in [-0.2, 0) is 6.54 Å². The third-order valence-corrected chi connectivity index (χ3v) is 2.51. The van der Waals surface area contributed by atoms with E-state index in [1.807, 2.05) is 36.0 Å². The van der Waals surface area contributed by atoms with E-state index in [0.717, 1.165) is 23.5 Å². The number of benzene rings is 1. The van der Waals surface area contributed by atoms with Crippen LogP contribution in [0.5, 0.6) is 0 Å². The first-order valence-corrected chi connectivity index (χ1v) is 5.11. The lowest BCUT2D eigenvalue weighted by Crippen LogP contribution is -1.94. The number of rotatable bonds is 2. The predicted molar refractivity (Wildman–Crippen MR) is 62.5 cm³/mol. The average Bonchev–Trinajstić information content (AvgIpc) is 2.60. The van der Waals surface area contributed by atoms with Crippen molar-refractivity contribution in [3.05, 3.63) is 36.0 Å². The van der Waals surface area contributed by atoms with Crippen molar-refractivity contribution >= 4 is 5.69 Å². The Morgan fingerprint density at radius 2 is 2.07 bits per heavy atom. The minimum Gasteiger partial charge on any atom is -0.396 e. The summed E-state index contributed by atoms with van der Waals surface area (Å²) in [6.07, 6.45) is 1.88. The Balaban J connectivity index is 2.54. The van der Waals surface area contributed by atoms with Gasteiger partial charge in [-0.05, 0) is 19.4 Å². The number of nitrogens with zero attached hydrogens (tertiary/aromatic N) is 2. The number of hydrogen-bond acceptors (Lipinski definition) is 2. The average molecular weight is 201 g/mol. The summed E-state index contributed by atoms with van der Waals surface area (Å²) in [5.74, 6) is 0. The van der Waals surface area contributed by atoms with Crippen LogP contribution >= 0.6 is 0 Å². The summed E-state index contributed by atoms with van der Waals surface area (Å²) in [6.45, 7) is 4.96. The van der Waals surface area contributed by atoms with Crippen LogP contribution in [0.15, 0.2) is 30.5 Å².